The summed E-state index contributed by atoms with van der Waals surface area (Å²) in [4.78, 5) is 12.8. The van der Waals surface area contributed by atoms with Crippen molar-refractivity contribution < 1.29 is 4.79 Å². The lowest BCUT2D eigenvalue weighted by Gasteiger charge is -2.28. The number of rotatable bonds is 3. The van der Waals surface area contributed by atoms with Crippen molar-refractivity contribution in [3.63, 3.8) is 0 Å². The molecule has 2 nitrogen and oxygen atoms in total. The Morgan fingerprint density at radius 1 is 1.10 bits per heavy atom. The minimum Gasteiger partial charge on any atom is -0.352 e. The number of fused-ring (bicyclic) bond motifs is 1. The van der Waals surface area contributed by atoms with Gasteiger partial charge in [0.2, 0.25) is 5.91 Å². The minimum atomic E-state index is 0.128. The Labute approximate surface area is 134 Å². The summed E-state index contributed by atoms with van der Waals surface area (Å²) in [5, 5.41) is 5.56. The second kappa shape index (κ2) is 6.61. The Kier molecular flexibility index (Phi) is 4.59. The van der Waals surface area contributed by atoms with Crippen LogP contribution in [0.1, 0.15) is 31.2 Å². The van der Waals surface area contributed by atoms with E-state index in [0.29, 0.717) is 11.2 Å². The molecular weight excluding hydrogens is 326 g/mol. The highest BCUT2D eigenvalue weighted by molar-refractivity contribution is 9.09. The zero-order valence-corrected chi connectivity index (χ0v) is 13.6. The van der Waals surface area contributed by atoms with Gasteiger partial charge in [-0.1, -0.05) is 71.2 Å². The minimum absolute atomic E-state index is 0.128. The number of benzene rings is 2. The smallest absolute Gasteiger partial charge is 0.224 e. The molecule has 2 aromatic rings. The lowest BCUT2D eigenvalue weighted by atomic mass is 9.95. The summed E-state index contributed by atoms with van der Waals surface area (Å²) in [6.07, 6.45) is 5.15. The Balaban J connectivity index is 1.71. The van der Waals surface area contributed by atoms with E-state index in [9.17, 15) is 4.79 Å². The number of amides is 1. The Hall–Kier alpha value is -1.35. The molecule has 1 fully saturated rings. The summed E-state index contributed by atoms with van der Waals surface area (Å²) in [5.41, 5.74) is 1.10. The van der Waals surface area contributed by atoms with Gasteiger partial charge in [0.15, 0.2) is 0 Å². The van der Waals surface area contributed by atoms with Crippen molar-refractivity contribution in [1.29, 1.82) is 0 Å². The van der Waals surface area contributed by atoms with Crippen molar-refractivity contribution in [2.75, 3.05) is 0 Å². The van der Waals surface area contributed by atoms with Crippen LogP contribution in [-0.4, -0.2) is 16.8 Å². The van der Waals surface area contributed by atoms with Crippen LogP contribution in [0.4, 0.5) is 0 Å². The van der Waals surface area contributed by atoms with E-state index < -0.39 is 0 Å². The van der Waals surface area contributed by atoms with E-state index in [0.717, 1.165) is 18.4 Å². The molecule has 3 rings (SSSR count). The lowest BCUT2D eigenvalue weighted by Crippen LogP contribution is -2.43. The standard InChI is InChI=1S/C18H20BrNO/c19-16-10-3-4-11-17(16)20-18(21)12-14-8-5-7-13-6-1-2-9-15(13)14/h1-2,5-9,16-17H,3-4,10-12H2,(H,20,21). The lowest BCUT2D eigenvalue weighted by molar-refractivity contribution is -0.121. The van der Waals surface area contributed by atoms with Gasteiger partial charge in [-0.25, -0.2) is 0 Å². The van der Waals surface area contributed by atoms with Gasteiger partial charge in [-0.05, 0) is 29.2 Å². The van der Waals surface area contributed by atoms with Crippen molar-refractivity contribution in [1.82, 2.24) is 5.32 Å². The summed E-state index contributed by atoms with van der Waals surface area (Å²) >= 11 is 3.69. The number of hydrogen-bond donors (Lipinski definition) is 1. The van der Waals surface area contributed by atoms with Crippen molar-refractivity contribution in [3.05, 3.63) is 48.0 Å². The van der Waals surface area contributed by atoms with Gasteiger partial charge in [-0.2, -0.15) is 0 Å². The van der Waals surface area contributed by atoms with E-state index in [1.165, 1.54) is 23.6 Å². The first-order valence-corrected chi connectivity index (χ1v) is 8.55. The van der Waals surface area contributed by atoms with Crippen molar-refractivity contribution in [3.8, 4) is 0 Å². The quantitative estimate of drug-likeness (QED) is 0.829. The Morgan fingerprint density at radius 2 is 1.86 bits per heavy atom. The highest BCUT2D eigenvalue weighted by Gasteiger charge is 2.24. The molecule has 0 saturated heterocycles. The van der Waals surface area contributed by atoms with Crippen LogP contribution in [0.5, 0.6) is 0 Å². The number of hydrogen-bond acceptors (Lipinski definition) is 1. The molecule has 0 radical (unpaired) electrons. The molecule has 0 bridgehead atoms. The first kappa shape index (κ1) is 14.6. The van der Waals surface area contributed by atoms with Crippen LogP contribution in [0, 0.1) is 0 Å². The van der Waals surface area contributed by atoms with E-state index in [1.54, 1.807) is 0 Å². The maximum absolute atomic E-state index is 12.3. The molecule has 1 saturated carbocycles. The average Bonchev–Trinajstić information content (AvgIpc) is 2.50. The van der Waals surface area contributed by atoms with Crippen LogP contribution < -0.4 is 5.32 Å². The van der Waals surface area contributed by atoms with Crippen LogP contribution in [0.3, 0.4) is 0 Å². The van der Waals surface area contributed by atoms with Gasteiger partial charge in [0.05, 0.1) is 6.42 Å². The summed E-state index contributed by atoms with van der Waals surface area (Å²) in [7, 11) is 0. The fourth-order valence-electron chi connectivity index (χ4n) is 3.13. The van der Waals surface area contributed by atoms with Gasteiger partial charge in [0.1, 0.15) is 0 Å². The largest absolute Gasteiger partial charge is 0.352 e. The molecule has 1 aliphatic carbocycles. The topological polar surface area (TPSA) is 29.1 Å². The number of carbonyl (C=O) groups is 1. The van der Waals surface area contributed by atoms with E-state index in [2.05, 4.69) is 39.4 Å². The molecule has 1 amide bonds. The van der Waals surface area contributed by atoms with Gasteiger partial charge in [0.25, 0.3) is 0 Å². The molecule has 0 heterocycles. The van der Waals surface area contributed by atoms with Crippen LogP contribution in [0.2, 0.25) is 0 Å². The number of halogens is 1. The van der Waals surface area contributed by atoms with Gasteiger partial charge in [0, 0.05) is 10.9 Å². The van der Waals surface area contributed by atoms with Crippen molar-refractivity contribution in [2.45, 2.75) is 43.0 Å². The summed E-state index contributed by atoms with van der Waals surface area (Å²) < 4.78 is 0. The zero-order chi connectivity index (χ0) is 14.7. The third-order valence-corrected chi connectivity index (χ3v) is 5.35. The SMILES string of the molecule is O=C(Cc1cccc2ccccc12)NC1CCCCC1Br. The molecule has 110 valence electrons. The van der Waals surface area contributed by atoms with Gasteiger partial charge >= 0.3 is 0 Å². The number of alkyl halides is 1. The summed E-state index contributed by atoms with van der Waals surface area (Å²) in [6.45, 7) is 0. The van der Waals surface area contributed by atoms with Crippen molar-refractivity contribution in [2.24, 2.45) is 0 Å². The Morgan fingerprint density at radius 3 is 2.71 bits per heavy atom. The fraction of sp³-hybridized carbons (Fsp3) is 0.389. The third kappa shape index (κ3) is 3.46. The van der Waals surface area contributed by atoms with Gasteiger partial charge in [-0.15, -0.1) is 0 Å². The third-order valence-electron chi connectivity index (χ3n) is 4.26. The van der Waals surface area contributed by atoms with Gasteiger partial charge in [-0.3, -0.25) is 4.79 Å². The average molecular weight is 346 g/mol. The predicted octanol–water partition coefficient (Wildman–Crippen LogP) is 4.20. The molecule has 3 heteroatoms. The molecule has 1 aliphatic rings. The molecule has 21 heavy (non-hydrogen) atoms. The Bertz CT molecular complexity index is 635. The first-order valence-electron chi connectivity index (χ1n) is 7.64. The van der Waals surface area contributed by atoms with E-state index in [4.69, 9.17) is 0 Å². The monoisotopic (exact) mass is 345 g/mol. The molecule has 2 atom stereocenters. The maximum atomic E-state index is 12.3. The number of carbonyl (C=O) groups excluding carboxylic acids is 1. The molecular formula is C18H20BrNO. The molecule has 0 aromatic heterocycles. The second-order valence-corrected chi connectivity index (χ2v) is 6.97. The van der Waals surface area contributed by atoms with E-state index >= 15 is 0 Å². The highest BCUT2D eigenvalue weighted by Crippen LogP contribution is 2.25. The predicted molar refractivity (Wildman–Crippen MR) is 90.8 cm³/mol. The van der Waals surface area contributed by atoms with Crippen molar-refractivity contribution >= 4 is 32.6 Å². The van der Waals surface area contributed by atoms with E-state index in [-0.39, 0.29) is 11.9 Å². The van der Waals surface area contributed by atoms with Crippen LogP contribution >= 0.6 is 15.9 Å². The number of nitrogens with one attached hydrogen (secondary N) is 1. The highest BCUT2D eigenvalue weighted by atomic mass is 79.9. The normalized spacial score (nSPS) is 22.1. The molecule has 0 spiro atoms. The van der Waals surface area contributed by atoms with Gasteiger partial charge < -0.3 is 5.32 Å². The van der Waals surface area contributed by atoms with Crippen LogP contribution in [0.25, 0.3) is 10.8 Å². The molecule has 1 N–H and O–H groups in total. The van der Waals surface area contributed by atoms with E-state index in [1.807, 2.05) is 24.3 Å². The summed E-state index contributed by atoms with van der Waals surface area (Å²) in [6, 6.07) is 14.7. The fourth-order valence-corrected chi connectivity index (χ4v) is 3.85. The molecule has 2 aromatic carbocycles. The second-order valence-electron chi connectivity index (χ2n) is 5.79. The molecule has 0 aliphatic heterocycles. The maximum Gasteiger partial charge on any atom is 0.224 e. The molecule has 2 unspecified atom stereocenters. The zero-order valence-electron chi connectivity index (χ0n) is 12.0. The van der Waals surface area contributed by atoms with Crippen LogP contribution in [-0.2, 0) is 11.2 Å². The first-order chi connectivity index (χ1) is 10.2. The summed E-state index contributed by atoms with van der Waals surface area (Å²) in [5.74, 6) is 0.128. The van der Waals surface area contributed by atoms with Crippen LogP contribution in [0.15, 0.2) is 42.5 Å².